The third kappa shape index (κ3) is 22.7. The van der Waals surface area contributed by atoms with Gasteiger partial charge < -0.3 is 5.11 Å². The van der Waals surface area contributed by atoms with E-state index in [1.54, 1.807) is 0 Å². The Morgan fingerprint density at radius 1 is 1.25 bits per heavy atom. The van der Waals surface area contributed by atoms with Crippen LogP contribution in [0.25, 0.3) is 0 Å². The second kappa shape index (κ2) is 10.5. The van der Waals surface area contributed by atoms with Crippen LogP contribution in [-0.2, 0) is 4.79 Å². The fourth-order valence-corrected chi connectivity index (χ4v) is 0.791. The number of hydrogen-bond donors (Lipinski definition) is 1. The summed E-state index contributed by atoms with van der Waals surface area (Å²) in [4.78, 5) is 9.60. The molecular formula is C10H22O2. The third-order valence-electron chi connectivity index (χ3n) is 1.33. The Bertz CT molecular complexity index is 98.0. The van der Waals surface area contributed by atoms with Crippen molar-refractivity contribution < 1.29 is 9.90 Å². The molecule has 0 spiro atoms. The summed E-state index contributed by atoms with van der Waals surface area (Å²) in [5.74, 6) is 0.187. The van der Waals surface area contributed by atoms with E-state index in [0.29, 0.717) is 6.42 Å². The van der Waals surface area contributed by atoms with Crippen molar-refractivity contribution in [3.63, 3.8) is 0 Å². The third-order valence-corrected chi connectivity index (χ3v) is 1.33. The fourth-order valence-electron chi connectivity index (χ4n) is 0.791. The lowest BCUT2D eigenvalue weighted by atomic mass is 10.1. The van der Waals surface area contributed by atoms with Gasteiger partial charge in [-0.15, -0.1) is 0 Å². The molecule has 0 aliphatic heterocycles. The molecule has 74 valence electrons. The molecule has 0 atom stereocenters. The molecule has 0 unspecified atom stereocenters. The smallest absolute Gasteiger partial charge is 0.303 e. The van der Waals surface area contributed by atoms with Gasteiger partial charge >= 0.3 is 5.97 Å². The van der Waals surface area contributed by atoms with Gasteiger partial charge in [0.2, 0.25) is 0 Å². The van der Waals surface area contributed by atoms with E-state index in [-0.39, 0.29) is 0 Å². The fraction of sp³-hybridized carbons (Fsp3) is 0.900. The van der Waals surface area contributed by atoms with Crippen LogP contribution in [0.5, 0.6) is 0 Å². The van der Waals surface area contributed by atoms with Crippen molar-refractivity contribution in [1.29, 1.82) is 0 Å². The molecule has 1 N–H and O–H groups in total. The van der Waals surface area contributed by atoms with Crippen LogP contribution >= 0.6 is 0 Å². The number of hydrogen-bond acceptors (Lipinski definition) is 1. The maximum absolute atomic E-state index is 9.60. The Kier molecular flexibility index (Phi) is 12.2. The molecule has 0 radical (unpaired) electrons. The summed E-state index contributed by atoms with van der Waals surface area (Å²) in [6.07, 6.45) is 3.73. The lowest BCUT2D eigenvalue weighted by Crippen LogP contribution is -1.90. The van der Waals surface area contributed by atoms with E-state index in [4.69, 9.17) is 5.11 Å². The molecule has 0 aromatic rings. The van der Waals surface area contributed by atoms with E-state index in [0.717, 1.165) is 12.3 Å². The average Bonchev–Trinajstić information content (AvgIpc) is 1.87. The molecule has 0 saturated carbocycles. The molecule has 0 bridgehead atoms. The summed E-state index contributed by atoms with van der Waals surface area (Å²) in [7, 11) is 0. The van der Waals surface area contributed by atoms with Crippen LogP contribution in [0.1, 0.15) is 53.4 Å². The summed E-state index contributed by atoms with van der Waals surface area (Å²) in [6.45, 7) is 8.57. The van der Waals surface area contributed by atoms with Crippen LogP contribution in [0.15, 0.2) is 0 Å². The molecular weight excluding hydrogens is 152 g/mol. The molecule has 12 heavy (non-hydrogen) atoms. The number of carboxylic acid groups (broad SMARTS) is 1. The van der Waals surface area contributed by atoms with E-state index in [9.17, 15) is 4.79 Å². The first-order chi connectivity index (χ1) is 5.54. The first-order valence-corrected chi connectivity index (χ1v) is 4.76. The van der Waals surface area contributed by atoms with Crippen molar-refractivity contribution in [1.82, 2.24) is 0 Å². The quantitative estimate of drug-likeness (QED) is 0.710. The van der Waals surface area contributed by atoms with Crippen molar-refractivity contribution in [2.75, 3.05) is 0 Å². The summed E-state index contributed by atoms with van der Waals surface area (Å²) in [5.41, 5.74) is 0. The van der Waals surface area contributed by atoms with Gasteiger partial charge in [-0.25, -0.2) is 0 Å². The topological polar surface area (TPSA) is 37.3 Å². The van der Waals surface area contributed by atoms with Crippen LogP contribution in [0.3, 0.4) is 0 Å². The van der Waals surface area contributed by atoms with Gasteiger partial charge in [-0.05, 0) is 12.3 Å². The minimum absolute atomic E-state index is 0.292. The molecule has 0 rings (SSSR count). The molecule has 0 amide bonds. The van der Waals surface area contributed by atoms with Gasteiger partial charge in [-0.3, -0.25) is 4.79 Å². The average molecular weight is 174 g/mol. The molecule has 2 heteroatoms. The second-order valence-corrected chi connectivity index (χ2v) is 3.33. The highest BCUT2D eigenvalue weighted by Gasteiger charge is 1.87. The van der Waals surface area contributed by atoms with Gasteiger partial charge in [0.1, 0.15) is 0 Å². The first kappa shape index (κ1) is 14.0. The van der Waals surface area contributed by atoms with Crippen LogP contribution < -0.4 is 0 Å². The largest absolute Gasteiger partial charge is 0.481 e. The van der Waals surface area contributed by atoms with Gasteiger partial charge in [0.15, 0.2) is 0 Å². The number of rotatable bonds is 4. The van der Waals surface area contributed by atoms with E-state index >= 15 is 0 Å². The number of aliphatic carboxylic acids is 1. The summed E-state index contributed by atoms with van der Waals surface area (Å²) >= 11 is 0. The zero-order chi connectivity index (χ0) is 9.98. The molecule has 0 saturated heterocycles. The summed E-state index contributed by atoms with van der Waals surface area (Å²) < 4.78 is 0. The Labute approximate surface area is 76.0 Å². The van der Waals surface area contributed by atoms with Gasteiger partial charge in [-0.1, -0.05) is 40.5 Å². The van der Waals surface area contributed by atoms with Gasteiger partial charge in [-0.2, -0.15) is 0 Å². The zero-order valence-electron chi connectivity index (χ0n) is 8.76. The lowest BCUT2D eigenvalue weighted by Gasteiger charge is -1.95. The Morgan fingerprint density at radius 2 is 1.75 bits per heavy atom. The predicted molar refractivity (Wildman–Crippen MR) is 52.3 cm³/mol. The molecule has 0 aromatic carbocycles. The van der Waals surface area contributed by atoms with Crippen LogP contribution in [-0.4, -0.2) is 11.1 Å². The zero-order valence-corrected chi connectivity index (χ0v) is 8.76. The van der Waals surface area contributed by atoms with Crippen molar-refractivity contribution in [2.45, 2.75) is 53.4 Å². The minimum atomic E-state index is -0.711. The summed E-state index contributed by atoms with van der Waals surface area (Å²) in [5, 5.41) is 7.91. The van der Waals surface area contributed by atoms with Crippen molar-refractivity contribution >= 4 is 5.97 Å². The second-order valence-electron chi connectivity index (χ2n) is 3.33. The van der Waals surface area contributed by atoms with Crippen molar-refractivity contribution in [3.05, 3.63) is 0 Å². The Hall–Kier alpha value is -0.530. The van der Waals surface area contributed by atoms with Gasteiger partial charge in [0.25, 0.3) is 0 Å². The Morgan fingerprint density at radius 3 is 1.75 bits per heavy atom. The Balaban J connectivity index is 0. The highest BCUT2D eigenvalue weighted by molar-refractivity contribution is 5.66. The normalized spacial score (nSPS) is 9.08. The monoisotopic (exact) mass is 174 g/mol. The number of carboxylic acids is 1. The summed E-state index contributed by atoms with van der Waals surface area (Å²) in [6, 6.07) is 0. The SMILES string of the molecule is CCCC(=O)O.CCCC(C)C. The molecule has 0 fully saturated rings. The molecule has 2 nitrogen and oxygen atoms in total. The van der Waals surface area contributed by atoms with Crippen LogP contribution in [0, 0.1) is 5.92 Å². The van der Waals surface area contributed by atoms with Gasteiger partial charge in [0.05, 0.1) is 0 Å². The highest BCUT2D eigenvalue weighted by atomic mass is 16.4. The van der Waals surface area contributed by atoms with E-state index in [2.05, 4.69) is 20.8 Å². The number of carbonyl (C=O) groups is 1. The molecule has 0 aliphatic carbocycles. The van der Waals surface area contributed by atoms with Crippen molar-refractivity contribution in [2.24, 2.45) is 5.92 Å². The van der Waals surface area contributed by atoms with Crippen LogP contribution in [0.2, 0.25) is 0 Å². The molecule has 0 aliphatic rings. The first-order valence-electron chi connectivity index (χ1n) is 4.76. The van der Waals surface area contributed by atoms with E-state index in [1.165, 1.54) is 12.8 Å². The van der Waals surface area contributed by atoms with Crippen molar-refractivity contribution in [3.8, 4) is 0 Å². The molecule has 0 aromatic heterocycles. The maximum Gasteiger partial charge on any atom is 0.303 e. The highest BCUT2D eigenvalue weighted by Crippen LogP contribution is 2.00. The van der Waals surface area contributed by atoms with Gasteiger partial charge in [0, 0.05) is 6.42 Å². The minimum Gasteiger partial charge on any atom is -0.481 e. The lowest BCUT2D eigenvalue weighted by molar-refractivity contribution is -0.137. The molecule has 0 heterocycles. The standard InChI is InChI=1S/C6H14.C4H8O2/c1-4-5-6(2)3;1-2-3-4(5)6/h6H,4-5H2,1-3H3;2-3H2,1H3,(H,5,6). The van der Waals surface area contributed by atoms with E-state index < -0.39 is 5.97 Å². The van der Waals surface area contributed by atoms with E-state index in [1.807, 2.05) is 6.92 Å². The predicted octanol–water partition coefficient (Wildman–Crippen LogP) is 3.31. The maximum atomic E-state index is 9.60. The van der Waals surface area contributed by atoms with Crippen LogP contribution in [0.4, 0.5) is 0 Å².